The van der Waals surface area contributed by atoms with Crippen molar-refractivity contribution in [2.75, 3.05) is 20.7 Å². The van der Waals surface area contributed by atoms with Crippen LogP contribution in [-0.4, -0.2) is 55.7 Å². The van der Waals surface area contributed by atoms with Crippen molar-refractivity contribution in [1.29, 1.82) is 0 Å². The normalized spacial score (nSPS) is 11.4. The van der Waals surface area contributed by atoms with E-state index in [1.165, 1.54) is 32.4 Å². The van der Waals surface area contributed by atoms with Crippen molar-refractivity contribution in [2.45, 2.75) is 12.5 Å². The van der Waals surface area contributed by atoms with Gasteiger partial charge in [-0.3, -0.25) is 9.59 Å². The number of carbonyl (C=O) groups excluding carboxylic acids is 2. The van der Waals surface area contributed by atoms with Crippen LogP contribution in [0.15, 0.2) is 36.4 Å². The number of ether oxygens (including phenoxy) is 2. The Morgan fingerprint density at radius 3 is 2.47 bits per heavy atom. The van der Waals surface area contributed by atoms with Crippen molar-refractivity contribution in [3.05, 3.63) is 57.6 Å². The number of halogens is 2. The SMILES string of the molecule is COc1ccc(C[C@H](NC(=O)c2cc(Cl)ccc2Cl)C(=O)NCB(O)O)c(OC)c1. The average Bonchev–Trinajstić information content (AvgIpc) is 2.73. The van der Waals surface area contributed by atoms with Gasteiger partial charge in [-0.25, -0.2) is 0 Å². The molecule has 1 atom stereocenters. The zero-order valence-corrected chi connectivity index (χ0v) is 17.8. The van der Waals surface area contributed by atoms with Gasteiger partial charge in [0.15, 0.2) is 0 Å². The molecule has 0 spiro atoms. The van der Waals surface area contributed by atoms with E-state index in [4.69, 9.17) is 42.7 Å². The first kappa shape index (κ1) is 23.8. The quantitative estimate of drug-likeness (QED) is 0.426. The molecule has 4 N–H and O–H groups in total. The summed E-state index contributed by atoms with van der Waals surface area (Å²) < 4.78 is 10.5. The molecule has 30 heavy (non-hydrogen) atoms. The minimum absolute atomic E-state index is 0.0600. The van der Waals surface area contributed by atoms with E-state index in [1.807, 2.05) is 0 Å². The summed E-state index contributed by atoms with van der Waals surface area (Å²) in [5, 5.41) is 23.5. The lowest BCUT2D eigenvalue weighted by Crippen LogP contribution is -2.50. The van der Waals surface area contributed by atoms with Gasteiger partial charge in [-0.2, -0.15) is 0 Å². The smallest absolute Gasteiger partial charge is 0.472 e. The van der Waals surface area contributed by atoms with Gasteiger partial charge in [0.2, 0.25) is 5.91 Å². The molecule has 0 saturated carbocycles. The largest absolute Gasteiger partial charge is 0.497 e. The van der Waals surface area contributed by atoms with E-state index >= 15 is 0 Å². The van der Waals surface area contributed by atoms with Crippen molar-refractivity contribution in [3.63, 3.8) is 0 Å². The van der Waals surface area contributed by atoms with E-state index in [-0.39, 0.29) is 17.0 Å². The summed E-state index contributed by atoms with van der Waals surface area (Å²) in [5.74, 6) is -0.203. The highest BCUT2D eigenvalue weighted by atomic mass is 35.5. The number of amides is 2. The molecule has 160 valence electrons. The molecule has 2 aromatic carbocycles. The first-order valence-electron chi connectivity index (χ1n) is 8.85. The highest BCUT2D eigenvalue weighted by Gasteiger charge is 2.25. The summed E-state index contributed by atoms with van der Waals surface area (Å²) in [4.78, 5) is 25.4. The third kappa shape index (κ3) is 6.53. The Labute approximate surface area is 184 Å². The molecule has 0 aromatic heterocycles. The maximum absolute atomic E-state index is 12.7. The lowest BCUT2D eigenvalue weighted by Gasteiger charge is -2.20. The van der Waals surface area contributed by atoms with Gasteiger partial charge in [-0.1, -0.05) is 29.3 Å². The molecule has 0 aliphatic heterocycles. The second-order valence-electron chi connectivity index (χ2n) is 6.26. The van der Waals surface area contributed by atoms with E-state index in [1.54, 1.807) is 18.2 Å². The lowest BCUT2D eigenvalue weighted by molar-refractivity contribution is -0.122. The van der Waals surface area contributed by atoms with Crippen LogP contribution in [0.4, 0.5) is 0 Å². The van der Waals surface area contributed by atoms with Gasteiger partial charge in [0, 0.05) is 17.5 Å². The lowest BCUT2D eigenvalue weighted by atomic mass is 9.92. The fourth-order valence-corrected chi connectivity index (χ4v) is 3.05. The summed E-state index contributed by atoms with van der Waals surface area (Å²) in [6, 6.07) is 8.39. The van der Waals surface area contributed by atoms with E-state index < -0.39 is 31.4 Å². The Bertz CT molecular complexity index is 913. The molecule has 0 heterocycles. The highest BCUT2D eigenvalue weighted by Crippen LogP contribution is 2.26. The van der Waals surface area contributed by atoms with Crippen LogP contribution in [0.1, 0.15) is 15.9 Å². The number of hydrogen-bond donors (Lipinski definition) is 4. The van der Waals surface area contributed by atoms with Gasteiger partial charge in [-0.15, -0.1) is 0 Å². The molecule has 8 nitrogen and oxygen atoms in total. The van der Waals surface area contributed by atoms with Crippen molar-refractivity contribution in [3.8, 4) is 11.5 Å². The van der Waals surface area contributed by atoms with E-state index in [0.717, 1.165) is 0 Å². The van der Waals surface area contributed by atoms with Crippen LogP contribution in [0.3, 0.4) is 0 Å². The molecule has 0 fully saturated rings. The predicted molar refractivity (Wildman–Crippen MR) is 114 cm³/mol. The van der Waals surface area contributed by atoms with Gasteiger partial charge in [0.25, 0.3) is 5.91 Å². The Balaban J connectivity index is 2.29. The first-order valence-corrected chi connectivity index (χ1v) is 9.61. The van der Waals surface area contributed by atoms with Crippen molar-refractivity contribution in [1.82, 2.24) is 10.6 Å². The Morgan fingerprint density at radius 2 is 1.83 bits per heavy atom. The predicted octanol–water partition coefficient (Wildman–Crippen LogP) is 1.48. The zero-order chi connectivity index (χ0) is 22.3. The monoisotopic (exact) mass is 454 g/mol. The second-order valence-corrected chi connectivity index (χ2v) is 7.10. The van der Waals surface area contributed by atoms with Crippen LogP contribution in [0.5, 0.6) is 11.5 Å². The second kappa shape index (κ2) is 11.1. The summed E-state index contributed by atoms with van der Waals surface area (Å²) in [7, 11) is 1.25. The van der Waals surface area contributed by atoms with E-state index in [9.17, 15) is 9.59 Å². The minimum Gasteiger partial charge on any atom is -0.497 e. The molecular formula is C19H21BCl2N2O6. The third-order valence-corrected chi connectivity index (χ3v) is 4.74. The number of nitrogens with one attached hydrogen (secondary N) is 2. The van der Waals surface area contributed by atoms with Gasteiger partial charge in [0.05, 0.1) is 31.2 Å². The first-order chi connectivity index (χ1) is 14.2. The van der Waals surface area contributed by atoms with Crippen molar-refractivity contribution in [2.24, 2.45) is 0 Å². The van der Waals surface area contributed by atoms with E-state index in [0.29, 0.717) is 22.1 Å². The average molecular weight is 455 g/mol. The molecule has 0 radical (unpaired) electrons. The Morgan fingerprint density at radius 1 is 1.10 bits per heavy atom. The van der Waals surface area contributed by atoms with Gasteiger partial charge >= 0.3 is 7.12 Å². The standard InChI is InChI=1S/C19H21BCl2N2O6/c1-29-13-5-3-11(17(9-13)30-2)7-16(19(26)23-10-20(27)28)24-18(25)14-8-12(21)4-6-15(14)22/h3-6,8-9,16,27-28H,7,10H2,1-2H3,(H,23,26)(H,24,25)/t16-/m0/s1. The van der Waals surface area contributed by atoms with Crippen LogP contribution >= 0.6 is 23.2 Å². The third-order valence-electron chi connectivity index (χ3n) is 4.17. The Kier molecular flexibility index (Phi) is 8.79. The number of methoxy groups -OCH3 is 2. The molecular weight excluding hydrogens is 434 g/mol. The fourth-order valence-electron chi connectivity index (χ4n) is 2.67. The van der Waals surface area contributed by atoms with Crippen LogP contribution in [0.2, 0.25) is 10.0 Å². The maximum Gasteiger partial charge on any atom is 0.472 e. The maximum atomic E-state index is 12.7. The van der Waals surface area contributed by atoms with Crippen LogP contribution in [0, 0.1) is 0 Å². The summed E-state index contributed by atoms with van der Waals surface area (Å²) in [6.45, 7) is 0. The molecule has 0 bridgehead atoms. The van der Waals surface area contributed by atoms with Crippen LogP contribution in [-0.2, 0) is 11.2 Å². The molecule has 0 aliphatic rings. The molecule has 0 unspecified atom stereocenters. The highest BCUT2D eigenvalue weighted by molar-refractivity contribution is 6.41. The number of rotatable bonds is 9. The fraction of sp³-hybridized carbons (Fsp3) is 0.263. The molecule has 11 heteroatoms. The van der Waals surface area contributed by atoms with Gasteiger partial charge < -0.3 is 30.2 Å². The zero-order valence-electron chi connectivity index (χ0n) is 16.3. The van der Waals surface area contributed by atoms with Gasteiger partial charge in [0.1, 0.15) is 17.5 Å². The topological polar surface area (TPSA) is 117 Å². The molecule has 2 aromatic rings. The molecule has 0 saturated heterocycles. The summed E-state index contributed by atoms with van der Waals surface area (Å²) in [5.41, 5.74) is 0.728. The number of carbonyl (C=O) groups is 2. The van der Waals surface area contributed by atoms with Crippen LogP contribution in [0.25, 0.3) is 0 Å². The van der Waals surface area contributed by atoms with Crippen molar-refractivity contribution < 1.29 is 29.1 Å². The van der Waals surface area contributed by atoms with E-state index in [2.05, 4.69) is 10.6 Å². The van der Waals surface area contributed by atoms with Crippen LogP contribution < -0.4 is 20.1 Å². The summed E-state index contributed by atoms with van der Waals surface area (Å²) in [6.07, 6.45) is -0.340. The number of benzene rings is 2. The number of hydrogen-bond acceptors (Lipinski definition) is 6. The summed E-state index contributed by atoms with van der Waals surface area (Å²) >= 11 is 12.0. The molecule has 0 aliphatic carbocycles. The molecule has 2 rings (SSSR count). The van der Waals surface area contributed by atoms with Crippen molar-refractivity contribution >= 4 is 42.1 Å². The minimum atomic E-state index is -1.73. The molecule has 2 amide bonds. The van der Waals surface area contributed by atoms with Gasteiger partial charge in [-0.05, 0) is 29.8 Å². The Hall–Kier alpha value is -2.46.